The monoisotopic (exact) mass is 471 g/mol. The first-order chi connectivity index (χ1) is 16.1. The van der Waals surface area contributed by atoms with E-state index in [2.05, 4.69) is 0 Å². The second kappa shape index (κ2) is 12.6. The van der Waals surface area contributed by atoms with E-state index < -0.39 is 36.2 Å². The molecule has 8 nitrogen and oxygen atoms in total. The van der Waals surface area contributed by atoms with Gasteiger partial charge in [-0.25, -0.2) is 9.59 Å². The lowest BCUT2D eigenvalue weighted by Gasteiger charge is -2.31. The first-order valence-corrected chi connectivity index (χ1v) is 11.1. The van der Waals surface area contributed by atoms with Crippen molar-refractivity contribution >= 4 is 18.0 Å². The Hall–Kier alpha value is -3.55. The molecule has 1 atom stereocenters. The molecular weight excluding hydrogens is 438 g/mol. The van der Waals surface area contributed by atoms with Crippen LogP contribution in [0.5, 0.6) is 5.75 Å². The van der Waals surface area contributed by atoms with Crippen LogP contribution in [0, 0.1) is 0 Å². The molecule has 0 aromatic heterocycles. The summed E-state index contributed by atoms with van der Waals surface area (Å²) in [5.41, 5.74) is 0.718. The third-order valence-electron chi connectivity index (χ3n) is 4.69. The molecule has 0 radical (unpaired) electrons. The van der Waals surface area contributed by atoms with E-state index in [1.807, 2.05) is 30.3 Å². The summed E-state index contributed by atoms with van der Waals surface area (Å²) in [6.07, 6.45) is -0.702. The Kier molecular flexibility index (Phi) is 9.92. The van der Waals surface area contributed by atoms with E-state index in [9.17, 15) is 14.4 Å². The lowest BCUT2D eigenvalue weighted by atomic mass is 10.0. The van der Waals surface area contributed by atoms with Crippen molar-refractivity contribution in [3.8, 4) is 5.75 Å². The van der Waals surface area contributed by atoms with Crippen LogP contribution >= 0.6 is 0 Å². The highest BCUT2D eigenvalue weighted by Gasteiger charge is 2.36. The molecule has 1 amide bonds. The minimum atomic E-state index is -1.11. The number of nitrogens with zero attached hydrogens (tertiary/aromatic N) is 1. The first kappa shape index (κ1) is 26.7. The van der Waals surface area contributed by atoms with Crippen LogP contribution in [0.4, 0.5) is 4.79 Å². The molecule has 0 aliphatic carbocycles. The average Bonchev–Trinajstić information content (AvgIpc) is 2.80. The van der Waals surface area contributed by atoms with Gasteiger partial charge in [0.05, 0.1) is 13.7 Å². The number of hydrogen-bond acceptors (Lipinski definition) is 7. The van der Waals surface area contributed by atoms with E-state index in [1.165, 1.54) is 0 Å². The van der Waals surface area contributed by atoms with Crippen molar-refractivity contribution in [2.24, 2.45) is 0 Å². The third-order valence-corrected chi connectivity index (χ3v) is 4.69. The van der Waals surface area contributed by atoms with E-state index in [4.69, 9.17) is 18.9 Å². The van der Waals surface area contributed by atoms with E-state index in [-0.39, 0.29) is 19.6 Å². The number of ether oxygens (including phenoxy) is 4. The van der Waals surface area contributed by atoms with Gasteiger partial charge in [-0.3, -0.25) is 9.69 Å². The predicted molar refractivity (Wildman–Crippen MR) is 126 cm³/mol. The molecule has 0 N–H and O–H groups in total. The maximum atomic E-state index is 13.2. The van der Waals surface area contributed by atoms with Crippen LogP contribution in [0.15, 0.2) is 54.6 Å². The SMILES string of the molecule is CCOC(=O)CN(C(=O)OC(C)(C)C)[C@H](Cc1ccc(OC)cc1)C(=O)OCc1ccccc1. The van der Waals surface area contributed by atoms with Crippen molar-refractivity contribution in [1.82, 2.24) is 4.90 Å². The summed E-state index contributed by atoms with van der Waals surface area (Å²) in [5, 5.41) is 0. The van der Waals surface area contributed by atoms with E-state index in [0.717, 1.165) is 16.0 Å². The van der Waals surface area contributed by atoms with Gasteiger partial charge in [-0.1, -0.05) is 42.5 Å². The molecule has 0 spiro atoms. The molecular formula is C26H33NO7. The summed E-state index contributed by atoms with van der Waals surface area (Å²) in [4.78, 5) is 39.7. The van der Waals surface area contributed by atoms with Crippen LogP contribution in [0.3, 0.4) is 0 Å². The molecule has 0 bridgehead atoms. The van der Waals surface area contributed by atoms with Gasteiger partial charge >= 0.3 is 18.0 Å². The lowest BCUT2D eigenvalue weighted by molar-refractivity contribution is -0.153. The minimum Gasteiger partial charge on any atom is -0.497 e. The molecule has 184 valence electrons. The van der Waals surface area contributed by atoms with Crippen LogP contribution in [-0.4, -0.2) is 54.8 Å². The standard InChI is InChI=1S/C26H33NO7/c1-6-32-23(28)17-27(25(30)34-26(2,3)4)22(16-19-12-14-21(31-5)15-13-19)24(29)33-18-20-10-8-7-9-11-20/h7-15,22H,6,16-18H2,1-5H3/t22-/m1/s1. The quantitative estimate of drug-likeness (QED) is 0.380. The predicted octanol–water partition coefficient (Wildman–Crippen LogP) is 4.15. The zero-order chi connectivity index (χ0) is 25.1. The first-order valence-electron chi connectivity index (χ1n) is 11.1. The van der Waals surface area contributed by atoms with Gasteiger partial charge < -0.3 is 18.9 Å². The topological polar surface area (TPSA) is 91.4 Å². The van der Waals surface area contributed by atoms with Gasteiger partial charge in [0.25, 0.3) is 0 Å². The molecule has 0 aliphatic heterocycles. The summed E-state index contributed by atoms with van der Waals surface area (Å²) in [6.45, 7) is 6.50. The molecule has 34 heavy (non-hydrogen) atoms. The van der Waals surface area contributed by atoms with Crippen molar-refractivity contribution in [1.29, 1.82) is 0 Å². The van der Waals surface area contributed by atoms with Crippen molar-refractivity contribution < 1.29 is 33.3 Å². The number of carbonyl (C=O) groups is 3. The minimum absolute atomic E-state index is 0.0281. The van der Waals surface area contributed by atoms with E-state index in [0.29, 0.717) is 5.75 Å². The van der Waals surface area contributed by atoms with Crippen molar-refractivity contribution in [2.75, 3.05) is 20.3 Å². The van der Waals surface area contributed by atoms with Gasteiger partial charge in [0.2, 0.25) is 0 Å². The smallest absolute Gasteiger partial charge is 0.411 e. The van der Waals surface area contributed by atoms with Crippen LogP contribution in [0.2, 0.25) is 0 Å². The molecule has 2 rings (SSSR count). The molecule has 0 saturated heterocycles. The fourth-order valence-corrected chi connectivity index (χ4v) is 3.10. The summed E-state index contributed by atoms with van der Waals surface area (Å²) in [6, 6.07) is 15.2. The maximum Gasteiger partial charge on any atom is 0.411 e. The molecule has 0 aliphatic rings. The summed E-state index contributed by atoms with van der Waals surface area (Å²) in [7, 11) is 1.56. The zero-order valence-corrected chi connectivity index (χ0v) is 20.4. The van der Waals surface area contributed by atoms with Crippen molar-refractivity contribution in [3.05, 3.63) is 65.7 Å². The Labute approximate surface area is 200 Å². The highest BCUT2D eigenvalue weighted by atomic mass is 16.6. The zero-order valence-electron chi connectivity index (χ0n) is 20.4. The normalized spacial score (nSPS) is 11.8. The van der Waals surface area contributed by atoms with Crippen molar-refractivity contribution in [3.63, 3.8) is 0 Å². The number of amides is 1. The average molecular weight is 472 g/mol. The third kappa shape index (κ3) is 8.77. The Bertz CT molecular complexity index is 936. The fraction of sp³-hybridized carbons (Fsp3) is 0.423. The van der Waals surface area contributed by atoms with Crippen LogP contribution in [0.25, 0.3) is 0 Å². The molecule has 0 heterocycles. The number of benzene rings is 2. The Morgan fingerprint density at radius 2 is 1.56 bits per heavy atom. The van der Waals surface area contributed by atoms with Gasteiger partial charge in [-0.15, -0.1) is 0 Å². The molecule has 2 aromatic rings. The Balaban J connectivity index is 2.35. The van der Waals surface area contributed by atoms with Gasteiger partial charge in [-0.2, -0.15) is 0 Å². The highest BCUT2D eigenvalue weighted by Crippen LogP contribution is 2.19. The summed E-state index contributed by atoms with van der Waals surface area (Å²) in [5.74, 6) is -0.652. The number of esters is 2. The van der Waals surface area contributed by atoms with Crippen LogP contribution < -0.4 is 4.74 Å². The summed E-state index contributed by atoms with van der Waals surface area (Å²) >= 11 is 0. The number of rotatable bonds is 10. The van der Waals surface area contributed by atoms with Gasteiger partial charge in [0.1, 0.15) is 30.5 Å². The van der Waals surface area contributed by atoms with Gasteiger partial charge in [0, 0.05) is 6.42 Å². The molecule has 0 saturated carbocycles. The van der Waals surface area contributed by atoms with Crippen LogP contribution in [-0.2, 0) is 36.8 Å². The second-order valence-electron chi connectivity index (χ2n) is 8.57. The maximum absolute atomic E-state index is 13.2. The van der Waals surface area contributed by atoms with Crippen molar-refractivity contribution in [2.45, 2.75) is 52.4 Å². The fourth-order valence-electron chi connectivity index (χ4n) is 3.10. The molecule has 8 heteroatoms. The number of hydrogen-bond donors (Lipinski definition) is 0. The second-order valence-corrected chi connectivity index (χ2v) is 8.57. The van der Waals surface area contributed by atoms with E-state index >= 15 is 0 Å². The summed E-state index contributed by atoms with van der Waals surface area (Å²) < 4.78 is 21.3. The number of carbonyl (C=O) groups excluding carboxylic acids is 3. The molecule has 0 fully saturated rings. The highest BCUT2D eigenvalue weighted by molar-refractivity contribution is 5.85. The van der Waals surface area contributed by atoms with E-state index in [1.54, 1.807) is 59.1 Å². The number of methoxy groups -OCH3 is 1. The molecule has 0 unspecified atom stereocenters. The van der Waals surface area contributed by atoms with Gasteiger partial charge in [-0.05, 0) is 51.0 Å². The van der Waals surface area contributed by atoms with Gasteiger partial charge in [0.15, 0.2) is 0 Å². The Morgan fingerprint density at radius 3 is 2.12 bits per heavy atom. The largest absolute Gasteiger partial charge is 0.497 e. The van der Waals surface area contributed by atoms with Crippen LogP contribution in [0.1, 0.15) is 38.8 Å². The lowest BCUT2D eigenvalue weighted by Crippen LogP contribution is -2.51. The Morgan fingerprint density at radius 1 is 0.912 bits per heavy atom. The molecule has 2 aromatic carbocycles.